The van der Waals surface area contributed by atoms with Gasteiger partial charge in [-0.2, -0.15) is 0 Å². The molecule has 4 nitrogen and oxygen atoms in total. The van der Waals surface area contributed by atoms with Crippen molar-refractivity contribution in [2.75, 3.05) is 13.6 Å². The van der Waals surface area contributed by atoms with Gasteiger partial charge >= 0.3 is 0 Å². The first-order chi connectivity index (χ1) is 10.8. The van der Waals surface area contributed by atoms with Crippen molar-refractivity contribution >= 4 is 17.3 Å². The number of rotatable bonds is 6. The Bertz CT molecular complexity index is 511. The Kier molecular flexibility index (Phi) is 5.34. The molecular weight excluding hydrogens is 292 g/mol. The van der Waals surface area contributed by atoms with Gasteiger partial charge < -0.3 is 10.6 Å². The quantitative estimate of drug-likeness (QED) is 0.625. The van der Waals surface area contributed by atoms with Gasteiger partial charge in [0.1, 0.15) is 5.01 Å². The van der Waals surface area contributed by atoms with Crippen molar-refractivity contribution in [3.8, 4) is 0 Å². The van der Waals surface area contributed by atoms with Crippen LogP contribution in [0.2, 0.25) is 0 Å². The summed E-state index contributed by atoms with van der Waals surface area (Å²) in [6.07, 6.45) is 10.3. The Labute approximate surface area is 137 Å². The third-order valence-corrected chi connectivity index (χ3v) is 6.41. The van der Waals surface area contributed by atoms with Gasteiger partial charge in [0.2, 0.25) is 0 Å². The molecule has 0 amide bonds. The molecule has 122 valence electrons. The van der Waals surface area contributed by atoms with Gasteiger partial charge in [0.25, 0.3) is 0 Å². The van der Waals surface area contributed by atoms with Crippen LogP contribution in [0, 0.1) is 17.8 Å². The highest BCUT2D eigenvalue weighted by molar-refractivity contribution is 7.11. The van der Waals surface area contributed by atoms with Crippen molar-refractivity contribution < 1.29 is 0 Å². The molecule has 5 heteroatoms. The number of aromatic nitrogens is 1. The maximum atomic E-state index is 4.44. The van der Waals surface area contributed by atoms with E-state index in [1.54, 1.807) is 11.3 Å². The summed E-state index contributed by atoms with van der Waals surface area (Å²) in [4.78, 5) is 10.1. The lowest BCUT2D eigenvalue weighted by molar-refractivity contribution is 0.315. The number of aliphatic imine (C=N–C) groups is 1. The van der Waals surface area contributed by atoms with Gasteiger partial charge in [0.05, 0.1) is 6.54 Å². The van der Waals surface area contributed by atoms with Gasteiger partial charge in [-0.15, -0.1) is 11.3 Å². The maximum Gasteiger partial charge on any atom is 0.191 e. The van der Waals surface area contributed by atoms with E-state index in [1.807, 2.05) is 13.2 Å². The topological polar surface area (TPSA) is 49.3 Å². The fourth-order valence-corrected chi connectivity index (χ4v) is 4.88. The minimum absolute atomic E-state index is 0.762. The molecule has 0 spiro atoms. The van der Waals surface area contributed by atoms with Crippen LogP contribution in [0.3, 0.4) is 0 Å². The fraction of sp³-hybridized carbons (Fsp3) is 0.765. The molecule has 2 aliphatic rings. The molecule has 2 N–H and O–H groups in total. The second-order valence-corrected chi connectivity index (χ2v) is 7.85. The van der Waals surface area contributed by atoms with E-state index >= 15 is 0 Å². The van der Waals surface area contributed by atoms with E-state index in [4.69, 9.17) is 0 Å². The summed E-state index contributed by atoms with van der Waals surface area (Å²) >= 11 is 1.78. The van der Waals surface area contributed by atoms with Gasteiger partial charge in [0, 0.05) is 24.7 Å². The number of hydrogen-bond acceptors (Lipinski definition) is 3. The molecule has 0 saturated heterocycles. The molecule has 22 heavy (non-hydrogen) atoms. The molecule has 0 aliphatic heterocycles. The maximum absolute atomic E-state index is 4.44. The highest BCUT2D eigenvalue weighted by Crippen LogP contribution is 2.49. The number of aryl methyl sites for hydroxylation is 1. The Balaban J connectivity index is 1.37. The van der Waals surface area contributed by atoms with Crippen molar-refractivity contribution in [3.63, 3.8) is 0 Å². The third kappa shape index (κ3) is 3.80. The summed E-state index contributed by atoms with van der Waals surface area (Å²) in [5.74, 6) is 3.92. The molecule has 2 bridgehead atoms. The standard InChI is InChI=1S/C17H28N4S/c1-3-15-10-20-16(22-15)11-21-17(18-2)19-7-6-14-9-12-4-5-13(14)8-12/h10,12-14H,3-9,11H2,1-2H3,(H2,18,19,21). The molecule has 0 radical (unpaired) electrons. The molecule has 2 aliphatic carbocycles. The van der Waals surface area contributed by atoms with E-state index in [-0.39, 0.29) is 0 Å². The zero-order valence-corrected chi connectivity index (χ0v) is 14.6. The monoisotopic (exact) mass is 320 g/mol. The first-order valence-electron chi connectivity index (χ1n) is 8.66. The van der Waals surface area contributed by atoms with Gasteiger partial charge in [-0.1, -0.05) is 13.3 Å². The number of hydrogen-bond donors (Lipinski definition) is 2. The number of guanidine groups is 1. The van der Waals surface area contributed by atoms with Crippen molar-refractivity contribution in [2.45, 2.75) is 52.0 Å². The lowest BCUT2D eigenvalue weighted by Gasteiger charge is -2.22. The van der Waals surface area contributed by atoms with E-state index < -0.39 is 0 Å². The molecule has 3 unspecified atom stereocenters. The minimum Gasteiger partial charge on any atom is -0.356 e. The van der Waals surface area contributed by atoms with Gasteiger partial charge in [0.15, 0.2) is 5.96 Å². The predicted octanol–water partition coefficient (Wildman–Crippen LogP) is 3.20. The summed E-state index contributed by atoms with van der Waals surface area (Å²) in [6.45, 7) is 3.96. The highest BCUT2D eigenvalue weighted by Gasteiger charge is 2.38. The fourth-order valence-electron chi connectivity index (χ4n) is 4.08. The van der Waals surface area contributed by atoms with E-state index in [1.165, 1.54) is 37.0 Å². The molecule has 1 heterocycles. The molecule has 3 atom stereocenters. The van der Waals surface area contributed by atoms with Crippen LogP contribution in [0.5, 0.6) is 0 Å². The minimum atomic E-state index is 0.762. The molecular formula is C17H28N4S. The van der Waals surface area contributed by atoms with Crippen molar-refractivity contribution in [1.29, 1.82) is 0 Å². The van der Waals surface area contributed by atoms with Crippen LogP contribution in [0.4, 0.5) is 0 Å². The van der Waals surface area contributed by atoms with Crippen LogP contribution in [0.15, 0.2) is 11.2 Å². The highest BCUT2D eigenvalue weighted by atomic mass is 32.1. The molecule has 1 aromatic rings. The van der Waals surface area contributed by atoms with E-state index in [2.05, 4.69) is 27.5 Å². The molecule has 0 aromatic carbocycles. The largest absolute Gasteiger partial charge is 0.356 e. The van der Waals surface area contributed by atoms with E-state index in [0.717, 1.165) is 48.2 Å². The number of fused-ring (bicyclic) bond motifs is 2. The van der Waals surface area contributed by atoms with Crippen molar-refractivity contribution in [3.05, 3.63) is 16.1 Å². The molecule has 3 rings (SSSR count). The van der Waals surface area contributed by atoms with Crippen molar-refractivity contribution in [2.24, 2.45) is 22.7 Å². The van der Waals surface area contributed by atoms with Crippen LogP contribution in [-0.2, 0) is 13.0 Å². The van der Waals surface area contributed by atoms with E-state index in [9.17, 15) is 0 Å². The first kappa shape index (κ1) is 15.8. The number of nitrogens with zero attached hydrogens (tertiary/aromatic N) is 2. The average molecular weight is 321 g/mol. The van der Waals surface area contributed by atoms with Gasteiger partial charge in [-0.3, -0.25) is 4.99 Å². The number of nitrogens with one attached hydrogen (secondary N) is 2. The molecule has 1 aromatic heterocycles. The van der Waals surface area contributed by atoms with E-state index in [0.29, 0.717) is 0 Å². The van der Waals surface area contributed by atoms with Crippen LogP contribution in [0.1, 0.15) is 48.9 Å². The Morgan fingerprint density at radius 3 is 2.91 bits per heavy atom. The number of thiazole rings is 1. The smallest absolute Gasteiger partial charge is 0.191 e. The zero-order chi connectivity index (χ0) is 15.4. The van der Waals surface area contributed by atoms with Gasteiger partial charge in [-0.25, -0.2) is 4.98 Å². The first-order valence-corrected chi connectivity index (χ1v) is 9.48. The predicted molar refractivity (Wildman–Crippen MR) is 93.2 cm³/mol. The van der Waals surface area contributed by atoms with Crippen LogP contribution in [0.25, 0.3) is 0 Å². The lowest BCUT2D eigenvalue weighted by Crippen LogP contribution is -2.38. The van der Waals surface area contributed by atoms with Crippen LogP contribution < -0.4 is 10.6 Å². The summed E-state index contributed by atoms with van der Waals surface area (Å²) in [5, 5.41) is 7.96. The second-order valence-electron chi connectivity index (χ2n) is 6.65. The summed E-state index contributed by atoms with van der Waals surface area (Å²) in [6, 6.07) is 0. The normalized spacial score (nSPS) is 27.4. The summed E-state index contributed by atoms with van der Waals surface area (Å²) in [5.41, 5.74) is 0. The Morgan fingerprint density at radius 1 is 1.36 bits per heavy atom. The lowest BCUT2D eigenvalue weighted by atomic mass is 9.86. The Morgan fingerprint density at radius 2 is 2.27 bits per heavy atom. The zero-order valence-electron chi connectivity index (χ0n) is 13.8. The second kappa shape index (κ2) is 7.44. The van der Waals surface area contributed by atoms with Crippen LogP contribution in [-0.4, -0.2) is 24.5 Å². The molecule has 2 fully saturated rings. The third-order valence-electron chi connectivity index (χ3n) is 5.27. The van der Waals surface area contributed by atoms with Crippen LogP contribution >= 0.6 is 11.3 Å². The SMILES string of the molecule is CCc1cnc(CNC(=NC)NCCC2CC3CCC2C3)s1. The summed E-state index contributed by atoms with van der Waals surface area (Å²) < 4.78 is 0. The Hall–Kier alpha value is -1.10. The van der Waals surface area contributed by atoms with Crippen molar-refractivity contribution in [1.82, 2.24) is 15.6 Å². The molecule has 2 saturated carbocycles. The average Bonchev–Trinajstić information content (AvgIpc) is 3.26. The summed E-state index contributed by atoms with van der Waals surface area (Å²) in [7, 11) is 1.84. The van der Waals surface area contributed by atoms with Gasteiger partial charge in [-0.05, 0) is 49.9 Å².